The number of nitrogens with one attached hydrogen (secondary N) is 1. The number of halogens is 1. The first-order valence-electron chi connectivity index (χ1n) is 10.4. The predicted molar refractivity (Wildman–Crippen MR) is 134 cm³/mol. The van der Waals surface area contributed by atoms with Gasteiger partial charge in [-0.15, -0.1) is 0 Å². The Morgan fingerprint density at radius 3 is 2.52 bits per heavy atom. The topological polar surface area (TPSA) is 58.6 Å². The van der Waals surface area contributed by atoms with Crippen LogP contribution in [0, 0.1) is 0 Å². The van der Waals surface area contributed by atoms with Gasteiger partial charge in [-0.05, 0) is 66.1 Å². The quantitative estimate of drug-likeness (QED) is 0.480. The van der Waals surface area contributed by atoms with Crippen molar-refractivity contribution in [2.75, 3.05) is 25.6 Å². The van der Waals surface area contributed by atoms with Crippen molar-refractivity contribution in [3.63, 3.8) is 0 Å². The standard InChI is InChI=1S/C26H23ClN2O3S/c1-29-22-16-19(25(30)28-14-13-17-3-8-20(27)9-4-17)7-12-23(22)33-24(26(29)31)15-18-5-10-21(32-2)11-6-18/h3-12,15-16H,13-14H2,1-2H3,(H,28,30). The molecule has 2 amide bonds. The average molecular weight is 479 g/mol. The van der Waals surface area contributed by atoms with Crippen LogP contribution in [0.3, 0.4) is 0 Å². The van der Waals surface area contributed by atoms with E-state index in [0.29, 0.717) is 28.5 Å². The Balaban J connectivity index is 1.45. The molecule has 0 aliphatic carbocycles. The van der Waals surface area contributed by atoms with Crippen molar-refractivity contribution in [1.82, 2.24) is 5.32 Å². The zero-order chi connectivity index (χ0) is 23.4. The highest BCUT2D eigenvalue weighted by Crippen LogP contribution is 2.42. The van der Waals surface area contributed by atoms with Crippen LogP contribution >= 0.6 is 23.4 Å². The molecule has 0 aromatic heterocycles. The molecule has 7 heteroatoms. The first kappa shape index (κ1) is 23.0. The first-order valence-corrected chi connectivity index (χ1v) is 11.6. The molecule has 1 heterocycles. The highest BCUT2D eigenvalue weighted by Gasteiger charge is 2.27. The first-order chi connectivity index (χ1) is 15.9. The third kappa shape index (κ3) is 5.41. The third-order valence-corrected chi connectivity index (χ3v) is 6.67. The minimum atomic E-state index is -0.169. The predicted octanol–water partition coefficient (Wildman–Crippen LogP) is 5.43. The molecule has 0 saturated heterocycles. The maximum absolute atomic E-state index is 13.0. The number of anilines is 1. The Hall–Kier alpha value is -3.22. The van der Waals surface area contributed by atoms with Crippen LogP contribution in [-0.2, 0) is 11.2 Å². The molecule has 0 fully saturated rings. The number of thioether (sulfide) groups is 1. The summed E-state index contributed by atoms with van der Waals surface area (Å²) < 4.78 is 5.19. The summed E-state index contributed by atoms with van der Waals surface area (Å²) in [7, 11) is 3.35. The smallest absolute Gasteiger partial charge is 0.264 e. The number of hydrogen-bond donors (Lipinski definition) is 1. The van der Waals surface area contributed by atoms with Crippen molar-refractivity contribution in [2.45, 2.75) is 11.3 Å². The molecule has 4 rings (SSSR count). The second-order valence-corrected chi connectivity index (χ2v) is 9.08. The van der Waals surface area contributed by atoms with Gasteiger partial charge >= 0.3 is 0 Å². The molecule has 168 valence electrons. The summed E-state index contributed by atoms with van der Waals surface area (Å²) in [4.78, 5) is 28.7. The van der Waals surface area contributed by atoms with Crippen molar-refractivity contribution in [2.24, 2.45) is 0 Å². The van der Waals surface area contributed by atoms with Crippen LogP contribution < -0.4 is 15.0 Å². The van der Waals surface area contributed by atoms with E-state index in [4.69, 9.17) is 16.3 Å². The molecule has 0 bridgehead atoms. The van der Waals surface area contributed by atoms with E-state index >= 15 is 0 Å². The van der Waals surface area contributed by atoms with Crippen LogP contribution in [0.2, 0.25) is 5.02 Å². The fraction of sp³-hybridized carbons (Fsp3) is 0.154. The number of carbonyl (C=O) groups excluding carboxylic acids is 2. The summed E-state index contributed by atoms with van der Waals surface area (Å²) in [5, 5.41) is 3.63. The Labute approximate surface area is 202 Å². The molecule has 1 aliphatic heterocycles. The van der Waals surface area contributed by atoms with Gasteiger partial charge in [0.15, 0.2) is 0 Å². The maximum Gasteiger partial charge on any atom is 0.264 e. The van der Waals surface area contributed by atoms with Gasteiger partial charge in [0, 0.05) is 29.1 Å². The number of fused-ring (bicyclic) bond motifs is 1. The third-order valence-electron chi connectivity index (χ3n) is 5.34. The summed E-state index contributed by atoms with van der Waals surface area (Å²) in [5.41, 5.74) is 3.26. The highest BCUT2D eigenvalue weighted by atomic mass is 35.5. The van der Waals surface area contributed by atoms with Crippen LogP contribution in [0.4, 0.5) is 5.69 Å². The molecule has 0 radical (unpaired) electrons. The summed E-state index contributed by atoms with van der Waals surface area (Å²) in [6, 6.07) is 20.6. The molecule has 5 nitrogen and oxygen atoms in total. The number of rotatable bonds is 6. The molecule has 0 unspecified atom stereocenters. The molecule has 0 atom stereocenters. The van der Waals surface area contributed by atoms with Gasteiger partial charge in [-0.1, -0.05) is 47.6 Å². The van der Waals surface area contributed by atoms with Crippen LogP contribution in [0.5, 0.6) is 5.75 Å². The monoisotopic (exact) mass is 478 g/mol. The number of amides is 2. The Morgan fingerprint density at radius 1 is 1.09 bits per heavy atom. The van der Waals surface area contributed by atoms with E-state index in [1.807, 2.05) is 60.7 Å². The number of benzene rings is 3. The lowest BCUT2D eigenvalue weighted by atomic mass is 10.1. The molecule has 0 spiro atoms. The molecule has 1 N–H and O–H groups in total. The van der Waals surface area contributed by atoms with Gasteiger partial charge in [0.1, 0.15) is 5.75 Å². The van der Waals surface area contributed by atoms with Crippen molar-refractivity contribution >= 4 is 46.9 Å². The molecule has 33 heavy (non-hydrogen) atoms. The zero-order valence-corrected chi connectivity index (χ0v) is 19.9. The lowest BCUT2D eigenvalue weighted by molar-refractivity contribution is -0.114. The van der Waals surface area contributed by atoms with Gasteiger partial charge in [0.25, 0.3) is 11.8 Å². The lowest BCUT2D eigenvalue weighted by Crippen LogP contribution is -2.31. The van der Waals surface area contributed by atoms with E-state index in [1.54, 1.807) is 31.2 Å². The van der Waals surface area contributed by atoms with Crippen LogP contribution in [0.1, 0.15) is 21.5 Å². The molecule has 3 aromatic carbocycles. The summed E-state index contributed by atoms with van der Waals surface area (Å²) in [6.45, 7) is 0.510. The van der Waals surface area contributed by atoms with E-state index in [-0.39, 0.29) is 11.8 Å². The molecular weight excluding hydrogens is 456 g/mol. The Kier molecular flexibility index (Phi) is 7.06. The van der Waals surface area contributed by atoms with Crippen LogP contribution in [-0.4, -0.2) is 32.5 Å². The second-order valence-electron chi connectivity index (χ2n) is 7.56. The van der Waals surface area contributed by atoms with E-state index in [9.17, 15) is 9.59 Å². The van der Waals surface area contributed by atoms with Gasteiger partial charge < -0.3 is 15.0 Å². The fourth-order valence-electron chi connectivity index (χ4n) is 3.46. The van der Waals surface area contributed by atoms with E-state index < -0.39 is 0 Å². The number of likely N-dealkylation sites (N-methyl/N-ethyl adjacent to an activating group) is 1. The van der Waals surface area contributed by atoms with Gasteiger partial charge in [-0.25, -0.2) is 0 Å². The van der Waals surface area contributed by atoms with E-state index in [1.165, 1.54) is 11.8 Å². The summed E-state index contributed by atoms with van der Waals surface area (Å²) in [5.74, 6) is 0.488. The van der Waals surface area contributed by atoms with Gasteiger partial charge in [0.05, 0.1) is 17.7 Å². The Bertz CT molecular complexity index is 1210. The zero-order valence-electron chi connectivity index (χ0n) is 18.3. The van der Waals surface area contributed by atoms with Crippen molar-refractivity contribution in [3.05, 3.63) is 93.3 Å². The second kappa shape index (κ2) is 10.1. The molecule has 3 aromatic rings. The summed E-state index contributed by atoms with van der Waals surface area (Å²) in [6.07, 6.45) is 2.57. The van der Waals surface area contributed by atoms with Gasteiger partial charge in [-0.3, -0.25) is 9.59 Å². The Morgan fingerprint density at radius 2 is 1.82 bits per heavy atom. The van der Waals surface area contributed by atoms with E-state index in [0.717, 1.165) is 27.5 Å². The van der Waals surface area contributed by atoms with Crippen molar-refractivity contribution in [1.29, 1.82) is 0 Å². The maximum atomic E-state index is 13.0. The largest absolute Gasteiger partial charge is 0.497 e. The van der Waals surface area contributed by atoms with Crippen LogP contribution in [0.25, 0.3) is 6.08 Å². The van der Waals surface area contributed by atoms with Crippen molar-refractivity contribution in [3.8, 4) is 5.75 Å². The number of nitrogens with zero attached hydrogens (tertiary/aromatic N) is 1. The van der Waals surface area contributed by atoms with Crippen LogP contribution in [0.15, 0.2) is 76.5 Å². The van der Waals surface area contributed by atoms with Gasteiger partial charge in [-0.2, -0.15) is 0 Å². The summed E-state index contributed by atoms with van der Waals surface area (Å²) >= 11 is 7.32. The highest BCUT2D eigenvalue weighted by molar-refractivity contribution is 8.04. The SMILES string of the molecule is COc1ccc(C=C2Sc3ccc(C(=O)NCCc4ccc(Cl)cc4)cc3N(C)C2=O)cc1. The van der Waals surface area contributed by atoms with Crippen molar-refractivity contribution < 1.29 is 14.3 Å². The molecule has 0 saturated carbocycles. The lowest BCUT2D eigenvalue weighted by Gasteiger charge is -2.27. The normalized spacial score (nSPS) is 14.2. The van der Waals surface area contributed by atoms with E-state index in [2.05, 4.69) is 5.32 Å². The average Bonchev–Trinajstić information content (AvgIpc) is 2.84. The number of carbonyl (C=O) groups is 2. The molecular formula is C26H23ClN2O3S. The number of ether oxygens (including phenoxy) is 1. The fourth-order valence-corrected chi connectivity index (χ4v) is 4.68. The number of methoxy groups -OCH3 is 1. The number of hydrogen-bond acceptors (Lipinski definition) is 4. The van der Waals surface area contributed by atoms with Gasteiger partial charge in [0.2, 0.25) is 0 Å². The molecule has 1 aliphatic rings. The minimum absolute atomic E-state index is 0.108. The minimum Gasteiger partial charge on any atom is -0.497 e.